The lowest BCUT2D eigenvalue weighted by atomic mass is 9.96. The molecule has 1 aliphatic rings. The van der Waals surface area contributed by atoms with Gasteiger partial charge in [-0.2, -0.15) is 4.31 Å². The molecule has 2 rings (SSSR count). The monoisotopic (exact) mass is 283 g/mol. The van der Waals surface area contributed by atoms with Gasteiger partial charge in [0.05, 0.1) is 0 Å². The van der Waals surface area contributed by atoms with E-state index < -0.39 is 10.0 Å². The molecule has 106 valence electrons. The summed E-state index contributed by atoms with van der Waals surface area (Å²) in [7, 11) is -1.74. The van der Waals surface area contributed by atoms with Gasteiger partial charge in [0.25, 0.3) is 0 Å². The molecule has 0 atom stereocenters. The van der Waals surface area contributed by atoms with Gasteiger partial charge in [0.1, 0.15) is 10.7 Å². The fourth-order valence-electron chi connectivity index (χ4n) is 2.48. The molecule has 1 aromatic heterocycles. The van der Waals surface area contributed by atoms with Crippen LogP contribution in [0.4, 0.5) is 5.82 Å². The second kappa shape index (κ2) is 5.88. The molecular formula is C13H21N3O2S. The van der Waals surface area contributed by atoms with E-state index in [0.717, 1.165) is 19.3 Å². The lowest BCUT2D eigenvalue weighted by Crippen LogP contribution is -2.38. The summed E-state index contributed by atoms with van der Waals surface area (Å²) in [6.45, 7) is 3.38. The fourth-order valence-corrected chi connectivity index (χ4v) is 4.10. The Balaban J connectivity index is 2.23. The Morgan fingerprint density at radius 2 is 2.11 bits per heavy atom. The van der Waals surface area contributed by atoms with Crippen molar-refractivity contribution >= 4 is 15.8 Å². The second-order valence-corrected chi connectivity index (χ2v) is 6.76. The number of rotatable bonds is 4. The maximum atomic E-state index is 12.6. The molecule has 2 heterocycles. The number of sulfonamides is 1. The smallest absolute Gasteiger partial charge is 0.246 e. The van der Waals surface area contributed by atoms with Crippen LogP contribution in [-0.4, -0.2) is 37.8 Å². The summed E-state index contributed by atoms with van der Waals surface area (Å²) in [4.78, 5) is 4.34. The summed E-state index contributed by atoms with van der Waals surface area (Å²) in [5.74, 6) is 1.07. The molecule has 0 saturated carbocycles. The third-order valence-corrected chi connectivity index (χ3v) is 5.71. The SMILES string of the molecule is CCC1CCN(S(=O)(=O)c2cccnc2NC)CC1. The molecule has 1 aromatic rings. The highest BCUT2D eigenvalue weighted by atomic mass is 32.2. The van der Waals surface area contributed by atoms with Crippen LogP contribution in [0.2, 0.25) is 0 Å². The topological polar surface area (TPSA) is 62.3 Å². The molecule has 0 unspecified atom stereocenters. The number of piperidine rings is 1. The van der Waals surface area contributed by atoms with Crippen LogP contribution in [0.3, 0.4) is 0 Å². The van der Waals surface area contributed by atoms with Crippen LogP contribution in [0.25, 0.3) is 0 Å². The third kappa shape index (κ3) is 2.90. The van der Waals surface area contributed by atoms with Gasteiger partial charge >= 0.3 is 0 Å². The Morgan fingerprint density at radius 1 is 1.42 bits per heavy atom. The zero-order valence-electron chi connectivity index (χ0n) is 11.5. The largest absolute Gasteiger partial charge is 0.372 e. The number of pyridine rings is 1. The Hall–Kier alpha value is -1.14. The number of hydrogen-bond donors (Lipinski definition) is 1. The number of anilines is 1. The summed E-state index contributed by atoms with van der Waals surface area (Å²) in [5.41, 5.74) is 0. The van der Waals surface area contributed by atoms with Crippen molar-refractivity contribution in [1.82, 2.24) is 9.29 Å². The van der Waals surface area contributed by atoms with E-state index in [1.54, 1.807) is 29.7 Å². The van der Waals surface area contributed by atoms with Crippen molar-refractivity contribution in [3.05, 3.63) is 18.3 Å². The van der Waals surface area contributed by atoms with E-state index in [2.05, 4.69) is 17.2 Å². The van der Waals surface area contributed by atoms with Crippen molar-refractivity contribution in [2.24, 2.45) is 5.92 Å². The number of nitrogens with zero attached hydrogens (tertiary/aromatic N) is 2. The van der Waals surface area contributed by atoms with Crippen molar-refractivity contribution in [3.8, 4) is 0 Å². The van der Waals surface area contributed by atoms with Gasteiger partial charge in [0, 0.05) is 26.3 Å². The molecule has 19 heavy (non-hydrogen) atoms. The summed E-state index contributed by atoms with van der Waals surface area (Å²) in [5, 5.41) is 2.84. The Bertz CT molecular complexity index is 522. The summed E-state index contributed by atoms with van der Waals surface area (Å²) in [6.07, 6.45) is 4.62. The minimum Gasteiger partial charge on any atom is -0.372 e. The highest BCUT2D eigenvalue weighted by Gasteiger charge is 2.30. The average Bonchev–Trinajstić information content (AvgIpc) is 2.47. The second-order valence-electron chi connectivity index (χ2n) is 4.86. The highest BCUT2D eigenvalue weighted by molar-refractivity contribution is 7.89. The minimum absolute atomic E-state index is 0.271. The van der Waals surface area contributed by atoms with Gasteiger partial charge in [-0.3, -0.25) is 0 Å². The predicted octanol–water partition coefficient (Wildman–Crippen LogP) is 1.93. The maximum Gasteiger partial charge on any atom is 0.246 e. The molecule has 0 aromatic carbocycles. The average molecular weight is 283 g/mol. The number of hydrogen-bond acceptors (Lipinski definition) is 4. The van der Waals surface area contributed by atoms with Gasteiger partial charge in [-0.25, -0.2) is 13.4 Å². The van der Waals surface area contributed by atoms with Crippen LogP contribution >= 0.6 is 0 Å². The standard InChI is InChI=1S/C13H21N3O2S/c1-3-11-6-9-16(10-7-11)19(17,18)12-5-4-8-15-13(12)14-2/h4-5,8,11H,3,6-7,9-10H2,1-2H3,(H,14,15). The predicted molar refractivity (Wildman–Crippen MR) is 75.6 cm³/mol. The van der Waals surface area contributed by atoms with Crippen molar-refractivity contribution in [2.75, 3.05) is 25.5 Å². The summed E-state index contributed by atoms with van der Waals surface area (Å²) < 4.78 is 26.8. The summed E-state index contributed by atoms with van der Waals surface area (Å²) in [6, 6.07) is 3.27. The molecule has 1 N–H and O–H groups in total. The van der Waals surface area contributed by atoms with E-state index in [1.807, 2.05) is 0 Å². The van der Waals surface area contributed by atoms with Crippen LogP contribution < -0.4 is 5.32 Å². The van der Waals surface area contributed by atoms with Crippen molar-refractivity contribution in [3.63, 3.8) is 0 Å². The lowest BCUT2D eigenvalue weighted by Gasteiger charge is -2.30. The first-order valence-electron chi connectivity index (χ1n) is 6.72. The van der Waals surface area contributed by atoms with Crippen molar-refractivity contribution < 1.29 is 8.42 Å². The van der Waals surface area contributed by atoms with E-state index in [-0.39, 0.29) is 4.90 Å². The van der Waals surface area contributed by atoms with E-state index in [4.69, 9.17) is 0 Å². The molecule has 1 saturated heterocycles. The van der Waals surface area contributed by atoms with Crippen LogP contribution in [0, 0.1) is 5.92 Å². The van der Waals surface area contributed by atoms with Crippen LogP contribution in [-0.2, 0) is 10.0 Å². The Kier molecular flexibility index (Phi) is 4.42. The molecule has 5 nitrogen and oxygen atoms in total. The molecule has 0 amide bonds. The third-order valence-electron chi connectivity index (χ3n) is 3.78. The molecule has 1 fully saturated rings. The lowest BCUT2D eigenvalue weighted by molar-refractivity contribution is 0.269. The van der Waals surface area contributed by atoms with E-state index in [1.165, 1.54) is 0 Å². The Morgan fingerprint density at radius 3 is 2.68 bits per heavy atom. The van der Waals surface area contributed by atoms with Gasteiger partial charge in [0.2, 0.25) is 10.0 Å². The quantitative estimate of drug-likeness (QED) is 0.917. The molecule has 6 heteroatoms. The van der Waals surface area contributed by atoms with Gasteiger partial charge in [-0.15, -0.1) is 0 Å². The van der Waals surface area contributed by atoms with Gasteiger partial charge in [0.15, 0.2) is 0 Å². The highest BCUT2D eigenvalue weighted by Crippen LogP contribution is 2.27. The zero-order chi connectivity index (χ0) is 13.9. The van der Waals surface area contributed by atoms with E-state index in [9.17, 15) is 8.42 Å². The van der Waals surface area contributed by atoms with Gasteiger partial charge < -0.3 is 5.32 Å². The first-order valence-corrected chi connectivity index (χ1v) is 8.16. The first-order chi connectivity index (χ1) is 9.09. The van der Waals surface area contributed by atoms with Gasteiger partial charge in [-0.1, -0.05) is 13.3 Å². The molecule has 0 spiro atoms. The summed E-state index contributed by atoms with van der Waals surface area (Å²) >= 11 is 0. The fraction of sp³-hybridized carbons (Fsp3) is 0.615. The normalized spacial score (nSPS) is 18.4. The van der Waals surface area contributed by atoms with Gasteiger partial charge in [-0.05, 0) is 30.9 Å². The molecular weight excluding hydrogens is 262 g/mol. The van der Waals surface area contributed by atoms with Crippen LogP contribution in [0.5, 0.6) is 0 Å². The molecule has 1 aliphatic heterocycles. The van der Waals surface area contributed by atoms with Crippen LogP contribution in [0.15, 0.2) is 23.2 Å². The maximum absolute atomic E-state index is 12.6. The van der Waals surface area contributed by atoms with E-state index >= 15 is 0 Å². The van der Waals surface area contributed by atoms with Crippen molar-refractivity contribution in [2.45, 2.75) is 31.1 Å². The number of aromatic nitrogens is 1. The van der Waals surface area contributed by atoms with Crippen molar-refractivity contribution in [1.29, 1.82) is 0 Å². The first kappa shape index (κ1) is 14.3. The molecule has 0 aliphatic carbocycles. The minimum atomic E-state index is -3.43. The Labute approximate surface area is 115 Å². The molecule has 0 radical (unpaired) electrons. The number of nitrogens with one attached hydrogen (secondary N) is 1. The van der Waals surface area contributed by atoms with Crippen LogP contribution in [0.1, 0.15) is 26.2 Å². The zero-order valence-corrected chi connectivity index (χ0v) is 12.3. The molecule has 0 bridgehead atoms. The van der Waals surface area contributed by atoms with E-state index in [0.29, 0.717) is 24.8 Å².